The molecule has 1 aromatic heterocycles. The van der Waals surface area contributed by atoms with Gasteiger partial charge in [-0.25, -0.2) is 4.68 Å². The average Bonchev–Trinajstić information content (AvgIpc) is 2.92. The van der Waals surface area contributed by atoms with Gasteiger partial charge in [0.1, 0.15) is 6.34 Å². The van der Waals surface area contributed by atoms with Crippen LogP contribution in [0.1, 0.15) is 23.3 Å². The van der Waals surface area contributed by atoms with E-state index in [0.717, 1.165) is 17.6 Å². The Hall–Kier alpha value is -1.37. The van der Waals surface area contributed by atoms with Gasteiger partial charge in [0.15, 0.2) is 0 Å². The molecular weight excluding hydrogens is 288 g/mol. The van der Waals surface area contributed by atoms with Crippen molar-refractivity contribution in [2.45, 2.75) is 12.1 Å². The van der Waals surface area contributed by atoms with E-state index in [2.05, 4.69) is 9.38 Å². The quantitative estimate of drug-likeness (QED) is 0.354. The molecule has 2 bridgehead atoms. The minimum atomic E-state index is -4.58. The summed E-state index contributed by atoms with van der Waals surface area (Å²) in [7, 11) is -4.58. The summed E-state index contributed by atoms with van der Waals surface area (Å²) in [6.07, 6.45) is 2.64. The molecule has 0 radical (unpaired) electrons. The Bertz CT molecular complexity index is 643. The first-order chi connectivity index (χ1) is 9.44. The van der Waals surface area contributed by atoms with Crippen molar-refractivity contribution in [2.75, 3.05) is 19.8 Å². The third-order valence-corrected chi connectivity index (χ3v) is 3.97. The summed E-state index contributed by atoms with van der Waals surface area (Å²) in [5, 5.41) is 12.6. The molecule has 2 aliphatic heterocycles. The first kappa shape index (κ1) is 13.6. The summed E-state index contributed by atoms with van der Waals surface area (Å²) < 4.78 is 36.6. The fourth-order valence-electron chi connectivity index (χ4n) is 2.85. The lowest BCUT2D eigenvalue weighted by atomic mass is 9.98. The number of rotatable bonds is 4. The van der Waals surface area contributed by atoms with Crippen LogP contribution in [-0.4, -0.2) is 58.8 Å². The Labute approximate surface area is 115 Å². The Kier molecular flexibility index (Phi) is 3.12. The van der Waals surface area contributed by atoms with Crippen LogP contribution in [0.3, 0.4) is 0 Å². The lowest BCUT2D eigenvalue weighted by Gasteiger charge is -2.30. The van der Waals surface area contributed by atoms with Crippen LogP contribution in [0.4, 0.5) is 0 Å². The van der Waals surface area contributed by atoms with Crippen LogP contribution in [0.2, 0.25) is 0 Å². The molecule has 0 aliphatic carbocycles. The molecule has 3 atom stereocenters. The Morgan fingerprint density at radius 2 is 2.40 bits per heavy atom. The summed E-state index contributed by atoms with van der Waals surface area (Å²) in [4.78, 5) is 1.92. The number of nitrogens with zero attached hydrogens (tertiary/aromatic N) is 4. The summed E-state index contributed by atoms with van der Waals surface area (Å²) in [5.41, 5.74) is 7.27. The second-order valence-electron chi connectivity index (χ2n) is 4.66. The van der Waals surface area contributed by atoms with Crippen molar-refractivity contribution < 1.29 is 17.3 Å². The zero-order valence-corrected chi connectivity index (χ0v) is 11.2. The highest BCUT2D eigenvalue weighted by atomic mass is 32.3. The van der Waals surface area contributed by atoms with Gasteiger partial charge in [-0.3, -0.25) is 14.9 Å². The molecule has 1 saturated heterocycles. The van der Waals surface area contributed by atoms with Crippen molar-refractivity contribution in [3.8, 4) is 0 Å². The van der Waals surface area contributed by atoms with E-state index in [0.29, 0.717) is 13.1 Å². The average molecular weight is 302 g/mol. The fourth-order valence-corrected chi connectivity index (χ4v) is 3.24. The van der Waals surface area contributed by atoms with E-state index in [4.69, 9.17) is 15.7 Å². The first-order valence-corrected chi connectivity index (χ1v) is 7.26. The first-order valence-electron chi connectivity index (χ1n) is 5.90. The van der Waals surface area contributed by atoms with E-state index in [1.165, 1.54) is 9.75 Å². The molecule has 10 nitrogen and oxygen atoms in total. The summed E-state index contributed by atoms with van der Waals surface area (Å²) >= 11 is 0. The van der Waals surface area contributed by atoms with Crippen LogP contribution in [0, 0.1) is 5.41 Å². The highest BCUT2D eigenvalue weighted by Crippen LogP contribution is 2.42. The van der Waals surface area contributed by atoms with E-state index >= 15 is 0 Å². The molecule has 0 aromatic carbocycles. The van der Waals surface area contributed by atoms with Crippen LogP contribution >= 0.6 is 0 Å². The van der Waals surface area contributed by atoms with Gasteiger partial charge in [0.25, 0.3) is 0 Å². The summed E-state index contributed by atoms with van der Waals surface area (Å²) in [6, 6.07) is -0.552. The van der Waals surface area contributed by atoms with Gasteiger partial charge in [0, 0.05) is 18.7 Å². The second-order valence-corrected chi connectivity index (χ2v) is 5.66. The largest absolute Gasteiger partial charge is 0.413 e. The monoisotopic (exact) mass is 302 g/mol. The fraction of sp³-hybridized carbons (Fsp3) is 0.556. The van der Waals surface area contributed by atoms with E-state index in [-0.39, 0.29) is 18.8 Å². The van der Waals surface area contributed by atoms with Gasteiger partial charge in [0.05, 0.1) is 30.6 Å². The molecule has 0 amide bonds. The molecular formula is C9H14N6O4S. The predicted molar refractivity (Wildman–Crippen MR) is 67.0 cm³/mol. The molecule has 3 heterocycles. The van der Waals surface area contributed by atoms with Gasteiger partial charge in [0.2, 0.25) is 0 Å². The van der Waals surface area contributed by atoms with Crippen LogP contribution in [-0.2, 0) is 14.7 Å². The van der Waals surface area contributed by atoms with E-state index < -0.39 is 10.4 Å². The predicted octanol–water partition coefficient (Wildman–Crippen LogP) is -1.30. The van der Waals surface area contributed by atoms with Crippen molar-refractivity contribution in [2.24, 2.45) is 5.73 Å². The van der Waals surface area contributed by atoms with Crippen molar-refractivity contribution in [1.29, 1.82) is 5.41 Å². The molecule has 1 fully saturated rings. The standard InChI is InChI=1S/C9H14N6O4S/c10-1-7-9-6(2-12-14(9)4-11)8-3-13(7)5-15(8)19-20(16,17)18/h2,4,7-8,11H,1,3,5,10H2,(H,16,17,18)/t7-,8-/m1/s1. The van der Waals surface area contributed by atoms with Gasteiger partial charge >= 0.3 is 10.4 Å². The number of hydroxylamine groups is 2. The number of nitrogens with two attached hydrogens (primary N) is 1. The third kappa shape index (κ3) is 2.04. The minimum absolute atomic E-state index is 0.180. The van der Waals surface area contributed by atoms with E-state index in [1.54, 1.807) is 6.20 Å². The minimum Gasteiger partial charge on any atom is -0.329 e. The zero-order chi connectivity index (χ0) is 14.5. The third-order valence-electron chi connectivity index (χ3n) is 3.59. The number of nitrogens with one attached hydrogen (secondary N) is 1. The SMILES string of the molecule is N=Cn1ncc2c1[C@@H](CN)N1C[C@H]2N(OS(=O)(=O)O)C1. The van der Waals surface area contributed by atoms with Gasteiger partial charge in [-0.2, -0.15) is 17.8 Å². The molecule has 2 aliphatic rings. The maximum Gasteiger partial charge on any atom is 0.413 e. The Balaban J connectivity index is 2.02. The van der Waals surface area contributed by atoms with Gasteiger partial charge < -0.3 is 5.73 Å². The molecule has 1 aromatic rings. The maximum absolute atomic E-state index is 10.9. The molecule has 20 heavy (non-hydrogen) atoms. The zero-order valence-electron chi connectivity index (χ0n) is 10.4. The smallest absolute Gasteiger partial charge is 0.329 e. The van der Waals surface area contributed by atoms with Gasteiger partial charge in [-0.15, -0.1) is 5.06 Å². The number of hydrogen-bond donors (Lipinski definition) is 3. The van der Waals surface area contributed by atoms with Gasteiger partial charge in [-0.05, 0) is 0 Å². The van der Waals surface area contributed by atoms with Crippen molar-refractivity contribution >= 4 is 16.7 Å². The van der Waals surface area contributed by atoms with Crippen molar-refractivity contribution in [3.63, 3.8) is 0 Å². The molecule has 0 saturated carbocycles. The second kappa shape index (κ2) is 4.58. The summed E-state index contributed by atoms with van der Waals surface area (Å²) in [5.74, 6) is 0. The molecule has 0 spiro atoms. The highest BCUT2D eigenvalue weighted by Gasteiger charge is 2.46. The van der Waals surface area contributed by atoms with Crippen molar-refractivity contribution in [1.82, 2.24) is 19.7 Å². The van der Waals surface area contributed by atoms with Crippen molar-refractivity contribution in [3.05, 3.63) is 17.5 Å². The maximum atomic E-state index is 10.9. The van der Waals surface area contributed by atoms with Crippen LogP contribution in [0.15, 0.2) is 6.20 Å². The Morgan fingerprint density at radius 1 is 1.65 bits per heavy atom. The molecule has 110 valence electrons. The highest BCUT2D eigenvalue weighted by molar-refractivity contribution is 7.80. The summed E-state index contributed by atoms with van der Waals surface area (Å²) in [6.45, 7) is 1.02. The van der Waals surface area contributed by atoms with E-state index in [1.807, 2.05) is 4.90 Å². The number of aromatic nitrogens is 2. The topological polar surface area (TPSA) is 138 Å². The van der Waals surface area contributed by atoms with Crippen LogP contribution < -0.4 is 5.73 Å². The van der Waals surface area contributed by atoms with Gasteiger partial charge in [-0.1, -0.05) is 0 Å². The molecule has 3 rings (SSSR count). The van der Waals surface area contributed by atoms with E-state index in [9.17, 15) is 8.42 Å². The number of hydrogen-bond acceptors (Lipinski definition) is 8. The normalized spacial score (nSPS) is 29.4. The lowest BCUT2D eigenvalue weighted by Crippen LogP contribution is -2.36. The molecule has 11 heteroatoms. The van der Waals surface area contributed by atoms with Crippen LogP contribution in [0.5, 0.6) is 0 Å². The molecule has 4 N–H and O–H groups in total. The molecule has 1 unspecified atom stereocenters. The van der Waals surface area contributed by atoms with Crippen LogP contribution in [0.25, 0.3) is 0 Å². The lowest BCUT2D eigenvalue weighted by molar-refractivity contribution is -0.0806. The number of fused-ring (bicyclic) bond motifs is 4. The Morgan fingerprint density at radius 3 is 3.00 bits per heavy atom.